The molecule has 0 spiro atoms. The minimum atomic E-state index is -0.922. The molecule has 0 aromatic rings. The van der Waals surface area contributed by atoms with Crippen molar-refractivity contribution in [2.75, 3.05) is 13.1 Å². The van der Waals surface area contributed by atoms with Gasteiger partial charge in [-0.2, -0.15) is 0 Å². The lowest BCUT2D eigenvalue weighted by Crippen LogP contribution is -2.38. The molecular weight excluding hydrogens is 198 g/mol. The molecular formula is C10H17NO4. The number of aliphatic carboxylic acids is 1. The fourth-order valence-electron chi connectivity index (χ4n) is 1.43. The number of carboxylic acid groups (broad SMARTS) is 1. The fourth-order valence-corrected chi connectivity index (χ4v) is 1.43. The Balaban J connectivity index is 2.43. The number of carboxylic acids is 1. The maximum atomic E-state index is 11.7. The smallest absolute Gasteiger partial charge is 0.305 e. The largest absolute Gasteiger partial charge is 0.481 e. The Morgan fingerprint density at radius 2 is 2.07 bits per heavy atom. The lowest BCUT2D eigenvalue weighted by molar-refractivity contribution is -0.139. The van der Waals surface area contributed by atoms with Crippen LogP contribution >= 0.6 is 0 Å². The Kier molecular flexibility index (Phi) is 4.08. The highest BCUT2D eigenvalue weighted by Gasteiger charge is 2.33. The van der Waals surface area contributed by atoms with Gasteiger partial charge >= 0.3 is 5.97 Å². The van der Waals surface area contributed by atoms with E-state index in [-0.39, 0.29) is 31.3 Å². The molecule has 5 nitrogen and oxygen atoms in total. The van der Waals surface area contributed by atoms with E-state index in [0.29, 0.717) is 0 Å². The summed E-state index contributed by atoms with van der Waals surface area (Å²) in [5, 5.41) is 17.7. The van der Waals surface area contributed by atoms with Crippen LogP contribution in [0.2, 0.25) is 0 Å². The van der Waals surface area contributed by atoms with Crippen molar-refractivity contribution >= 4 is 11.9 Å². The molecule has 86 valence electrons. The number of hydrogen-bond acceptors (Lipinski definition) is 3. The zero-order valence-electron chi connectivity index (χ0n) is 8.85. The van der Waals surface area contributed by atoms with Crippen molar-refractivity contribution in [3.05, 3.63) is 0 Å². The quantitative estimate of drug-likeness (QED) is 0.657. The number of hydrogen-bond donors (Lipinski definition) is 2. The van der Waals surface area contributed by atoms with Crippen LogP contribution in [0.4, 0.5) is 0 Å². The molecule has 1 unspecified atom stereocenters. The summed E-state index contributed by atoms with van der Waals surface area (Å²) in [6, 6.07) is 0. The normalized spacial score (nSPS) is 17.2. The van der Waals surface area contributed by atoms with Crippen LogP contribution in [0, 0.1) is 5.92 Å². The maximum Gasteiger partial charge on any atom is 0.305 e. The topological polar surface area (TPSA) is 77.8 Å². The number of carbonyl (C=O) groups excluding carboxylic acids is 1. The summed E-state index contributed by atoms with van der Waals surface area (Å²) in [6.07, 6.45) is 1.11. The molecule has 1 aliphatic carbocycles. The highest BCUT2D eigenvalue weighted by molar-refractivity contribution is 5.81. The van der Waals surface area contributed by atoms with E-state index in [1.807, 2.05) is 0 Å². The number of aliphatic hydroxyl groups excluding tert-OH is 1. The third-order valence-corrected chi connectivity index (χ3v) is 2.32. The van der Waals surface area contributed by atoms with Gasteiger partial charge in [-0.05, 0) is 19.8 Å². The lowest BCUT2D eigenvalue weighted by atomic mass is 10.2. The average Bonchev–Trinajstić information content (AvgIpc) is 2.93. The molecule has 1 rings (SSSR count). The van der Waals surface area contributed by atoms with E-state index in [2.05, 4.69) is 0 Å². The van der Waals surface area contributed by atoms with Gasteiger partial charge in [0.2, 0.25) is 5.91 Å². The van der Waals surface area contributed by atoms with Gasteiger partial charge in [-0.25, -0.2) is 0 Å². The Morgan fingerprint density at radius 1 is 1.47 bits per heavy atom. The third-order valence-electron chi connectivity index (χ3n) is 2.32. The molecule has 0 aliphatic heterocycles. The van der Waals surface area contributed by atoms with Crippen LogP contribution < -0.4 is 0 Å². The Morgan fingerprint density at radius 3 is 2.47 bits per heavy atom. The molecule has 0 aromatic heterocycles. The number of amides is 1. The number of aliphatic hydroxyl groups is 1. The van der Waals surface area contributed by atoms with Gasteiger partial charge in [0.05, 0.1) is 12.5 Å². The first-order valence-corrected chi connectivity index (χ1v) is 5.19. The molecule has 0 aromatic carbocycles. The second kappa shape index (κ2) is 5.11. The molecule has 1 fully saturated rings. The number of nitrogens with zero attached hydrogens (tertiary/aromatic N) is 1. The number of rotatable bonds is 6. The molecule has 1 amide bonds. The van der Waals surface area contributed by atoms with Gasteiger partial charge in [0.15, 0.2) is 0 Å². The summed E-state index contributed by atoms with van der Waals surface area (Å²) in [5.41, 5.74) is 0. The van der Waals surface area contributed by atoms with Crippen LogP contribution in [0.15, 0.2) is 0 Å². The monoisotopic (exact) mass is 215 g/mol. The van der Waals surface area contributed by atoms with E-state index in [1.54, 1.807) is 6.92 Å². The summed E-state index contributed by atoms with van der Waals surface area (Å²) in [6.45, 7) is 2.01. The van der Waals surface area contributed by atoms with E-state index >= 15 is 0 Å². The van der Waals surface area contributed by atoms with Gasteiger partial charge in [0.1, 0.15) is 0 Å². The summed E-state index contributed by atoms with van der Waals surface area (Å²) < 4.78 is 0. The van der Waals surface area contributed by atoms with Gasteiger partial charge in [-0.15, -0.1) is 0 Å². The van der Waals surface area contributed by atoms with Crippen LogP contribution in [0.3, 0.4) is 0 Å². The van der Waals surface area contributed by atoms with Crippen molar-refractivity contribution in [3.8, 4) is 0 Å². The predicted octanol–water partition coefficient (Wildman–Crippen LogP) is 0.0805. The van der Waals surface area contributed by atoms with Crippen molar-refractivity contribution in [1.82, 2.24) is 4.90 Å². The van der Waals surface area contributed by atoms with Crippen molar-refractivity contribution < 1.29 is 19.8 Å². The summed E-state index contributed by atoms with van der Waals surface area (Å²) in [5.74, 6) is -0.871. The lowest BCUT2D eigenvalue weighted by Gasteiger charge is -2.23. The van der Waals surface area contributed by atoms with Gasteiger partial charge in [0, 0.05) is 19.0 Å². The molecule has 0 saturated heterocycles. The van der Waals surface area contributed by atoms with Crippen molar-refractivity contribution in [2.24, 2.45) is 5.92 Å². The SMILES string of the molecule is CC(O)CN(CCC(=O)O)C(=O)C1CC1. The van der Waals surface area contributed by atoms with Gasteiger partial charge < -0.3 is 15.1 Å². The zero-order valence-corrected chi connectivity index (χ0v) is 8.85. The number of carbonyl (C=O) groups is 2. The Bertz CT molecular complexity index is 248. The second-order valence-corrected chi connectivity index (χ2v) is 4.05. The third kappa shape index (κ3) is 4.29. The second-order valence-electron chi connectivity index (χ2n) is 4.05. The predicted molar refractivity (Wildman–Crippen MR) is 53.2 cm³/mol. The minimum Gasteiger partial charge on any atom is -0.481 e. The van der Waals surface area contributed by atoms with Crippen LogP contribution in [0.1, 0.15) is 26.2 Å². The van der Waals surface area contributed by atoms with E-state index in [1.165, 1.54) is 4.90 Å². The maximum absolute atomic E-state index is 11.7. The zero-order chi connectivity index (χ0) is 11.4. The Hall–Kier alpha value is -1.10. The highest BCUT2D eigenvalue weighted by Crippen LogP contribution is 2.31. The first-order chi connectivity index (χ1) is 7.00. The summed E-state index contributed by atoms with van der Waals surface area (Å²) in [7, 11) is 0. The highest BCUT2D eigenvalue weighted by atomic mass is 16.4. The fraction of sp³-hybridized carbons (Fsp3) is 0.800. The molecule has 1 atom stereocenters. The van der Waals surface area contributed by atoms with Crippen LogP contribution in [-0.2, 0) is 9.59 Å². The Labute approximate surface area is 88.7 Å². The first kappa shape index (κ1) is 12.0. The van der Waals surface area contributed by atoms with Crippen LogP contribution in [-0.4, -0.2) is 46.2 Å². The van der Waals surface area contributed by atoms with E-state index in [0.717, 1.165) is 12.8 Å². The van der Waals surface area contributed by atoms with Crippen LogP contribution in [0.25, 0.3) is 0 Å². The van der Waals surface area contributed by atoms with Crippen LogP contribution in [0.5, 0.6) is 0 Å². The molecule has 0 heterocycles. The van der Waals surface area contributed by atoms with E-state index in [9.17, 15) is 14.7 Å². The standard InChI is InChI=1S/C10H17NO4/c1-7(12)6-11(5-4-9(13)14)10(15)8-2-3-8/h7-8,12H,2-6H2,1H3,(H,13,14). The minimum absolute atomic E-state index is 0.0165. The summed E-state index contributed by atoms with van der Waals surface area (Å²) >= 11 is 0. The molecule has 1 aliphatic rings. The van der Waals surface area contributed by atoms with Crippen molar-refractivity contribution in [2.45, 2.75) is 32.3 Å². The molecule has 15 heavy (non-hydrogen) atoms. The summed E-state index contributed by atoms with van der Waals surface area (Å²) in [4.78, 5) is 23.5. The van der Waals surface area contributed by atoms with E-state index in [4.69, 9.17) is 5.11 Å². The van der Waals surface area contributed by atoms with Gasteiger partial charge in [-0.1, -0.05) is 0 Å². The average molecular weight is 215 g/mol. The van der Waals surface area contributed by atoms with Gasteiger partial charge in [0.25, 0.3) is 0 Å². The van der Waals surface area contributed by atoms with Gasteiger partial charge in [-0.3, -0.25) is 9.59 Å². The molecule has 0 radical (unpaired) electrons. The van der Waals surface area contributed by atoms with Crippen molar-refractivity contribution in [1.29, 1.82) is 0 Å². The first-order valence-electron chi connectivity index (χ1n) is 5.19. The molecule has 0 bridgehead atoms. The molecule has 1 saturated carbocycles. The molecule has 2 N–H and O–H groups in total. The molecule has 5 heteroatoms. The van der Waals surface area contributed by atoms with E-state index < -0.39 is 12.1 Å². The van der Waals surface area contributed by atoms with Crippen molar-refractivity contribution in [3.63, 3.8) is 0 Å².